The van der Waals surface area contributed by atoms with E-state index in [1.807, 2.05) is 0 Å². The third-order valence-electron chi connectivity index (χ3n) is 3.99. The maximum Gasteiger partial charge on any atom is 0.288 e. The fraction of sp³-hybridized carbons (Fsp3) is 0.222. The minimum absolute atomic E-state index is 0.0471. The van der Waals surface area contributed by atoms with E-state index in [4.69, 9.17) is 15.2 Å². The second-order valence-electron chi connectivity index (χ2n) is 6.04. The number of hydrogen-bond donors (Lipinski definition) is 2. The lowest BCUT2D eigenvalue weighted by atomic mass is 9.90. The summed E-state index contributed by atoms with van der Waals surface area (Å²) in [6, 6.07) is 3.65. The van der Waals surface area contributed by atoms with Crippen LogP contribution in [0.5, 0.6) is 5.88 Å². The number of carbonyl (C=O) groups is 1. The summed E-state index contributed by atoms with van der Waals surface area (Å²) in [4.78, 5) is 24.3. The number of amides is 1. The number of amidine groups is 1. The molecule has 2 heterocycles. The zero-order valence-corrected chi connectivity index (χ0v) is 15.1. The Morgan fingerprint density at radius 2 is 2.14 bits per heavy atom. The molecule has 0 bridgehead atoms. The standard InChI is InChI=1S/C18H17F2N5O3/c1-18(6-11(7-19)28-17(21)25-18)12-5-10(3-4-13(12)20)24-16(26)14-8-23-15(27-2)9-22-14/h3-6,8-9H,7H2,1-2H3,(H2,21,25)(H,24,26)/t18-/m0/s1. The van der Waals surface area contributed by atoms with Crippen LogP contribution in [0.15, 0.2) is 47.4 Å². The Morgan fingerprint density at radius 3 is 2.79 bits per heavy atom. The van der Waals surface area contributed by atoms with Gasteiger partial charge in [0.05, 0.1) is 19.5 Å². The molecule has 1 aromatic heterocycles. The molecule has 28 heavy (non-hydrogen) atoms. The van der Waals surface area contributed by atoms with E-state index in [1.165, 1.54) is 43.8 Å². The Labute approximate surface area is 159 Å². The largest absolute Gasteiger partial charge is 0.480 e. The van der Waals surface area contributed by atoms with Crippen molar-refractivity contribution in [1.29, 1.82) is 0 Å². The first-order valence-electron chi connectivity index (χ1n) is 8.13. The van der Waals surface area contributed by atoms with Crippen LogP contribution in [-0.4, -0.2) is 35.7 Å². The molecule has 146 valence electrons. The van der Waals surface area contributed by atoms with Crippen molar-refractivity contribution in [2.24, 2.45) is 10.7 Å². The number of aliphatic imine (C=N–C) groups is 1. The average Bonchev–Trinajstić information content (AvgIpc) is 2.68. The summed E-state index contributed by atoms with van der Waals surface area (Å²) >= 11 is 0. The highest BCUT2D eigenvalue weighted by atomic mass is 19.1. The highest BCUT2D eigenvalue weighted by Crippen LogP contribution is 2.35. The molecule has 0 unspecified atom stereocenters. The van der Waals surface area contributed by atoms with E-state index < -0.39 is 23.9 Å². The van der Waals surface area contributed by atoms with Gasteiger partial charge in [-0.25, -0.2) is 23.7 Å². The number of nitrogens with one attached hydrogen (secondary N) is 1. The molecule has 2 aromatic rings. The number of ether oxygens (including phenoxy) is 2. The van der Waals surface area contributed by atoms with Crippen LogP contribution in [0.1, 0.15) is 23.0 Å². The molecule has 3 rings (SSSR count). The second kappa shape index (κ2) is 7.59. The van der Waals surface area contributed by atoms with Gasteiger partial charge >= 0.3 is 0 Å². The molecule has 3 N–H and O–H groups in total. The summed E-state index contributed by atoms with van der Waals surface area (Å²) in [5.74, 6) is -0.957. The van der Waals surface area contributed by atoms with Gasteiger partial charge in [-0.2, -0.15) is 0 Å². The van der Waals surface area contributed by atoms with Gasteiger partial charge in [-0.3, -0.25) is 4.79 Å². The van der Waals surface area contributed by atoms with E-state index >= 15 is 0 Å². The Balaban J connectivity index is 1.90. The van der Waals surface area contributed by atoms with Crippen molar-refractivity contribution < 1.29 is 23.0 Å². The molecule has 1 atom stereocenters. The van der Waals surface area contributed by atoms with Crippen molar-refractivity contribution in [3.8, 4) is 5.88 Å². The predicted octanol–water partition coefficient (Wildman–Crippen LogP) is 2.29. The van der Waals surface area contributed by atoms with Gasteiger partial charge in [0.2, 0.25) is 5.88 Å². The molecule has 1 aliphatic rings. The topological polar surface area (TPSA) is 112 Å². The SMILES string of the molecule is COc1cnc(C(=O)Nc2ccc(F)c([C@]3(C)C=C(CF)OC(N)=N3)c2)cn1. The molecule has 1 aromatic carbocycles. The summed E-state index contributed by atoms with van der Waals surface area (Å²) < 4.78 is 37.4. The fourth-order valence-electron chi connectivity index (χ4n) is 2.69. The van der Waals surface area contributed by atoms with E-state index in [9.17, 15) is 13.6 Å². The quantitative estimate of drug-likeness (QED) is 0.812. The minimum atomic E-state index is -1.30. The Hall–Kier alpha value is -3.56. The number of carbonyl (C=O) groups excluding carboxylic acids is 1. The summed E-state index contributed by atoms with van der Waals surface area (Å²) in [5, 5.41) is 2.60. The van der Waals surface area contributed by atoms with Gasteiger partial charge in [0.15, 0.2) is 0 Å². The van der Waals surface area contributed by atoms with Crippen molar-refractivity contribution in [1.82, 2.24) is 9.97 Å². The maximum atomic E-state index is 14.5. The summed E-state index contributed by atoms with van der Waals surface area (Å²) in [7, 11) is 1.43. The number of aromatic nitrogens is 2. The van der Waals surface area contributed by atoms with Crippen LogP contribution in [0.25, 0.3) is 0 Å². The van der Waals surface area contributed by atoms with E-state index in [1.54, 1.807) is 6.92 Å². The van der Waals surface area contributed by atoms with Gasteiger partial charge in [-0.05, 0) is 31.2 Å². The van der Waals surface area contributed by atoms with Crippen molar-refractivity contribution in [2.45, 2.75) is 12.5 Å². The van der Waals surface area contributed by atoms with Gasteiger partial charge in [-0.1, -0.05) is 0 Å². The smallest absolute Gasteiger partial charge is 0.288 e. The van der Waals surface area contributed by atoms with Gasteiger partial charge in [0.25, 0.3) is 11.9 Å². The molecule has 0 saturated heterocycles. The van der Waals surface area contributed by atoms with Crippen molar-refractivity contribution in [3.63, 3.8) is 0 Å². The number of allylic oxidation sites excluding steroid dienone is 1. The number of anilines is 1. The molecule has 1 aliphatic heterocycles. The number of nitrogens with zero attached hydrogens (tertiary/aromatic N) is 3. The monoisotopic (exact) mass is 389 g/mol. The highest BCUT2D eigenvalue weighted by molar-refractivity contribution is 6.02. The van der Waals surface area contributed by atoms with Crippen LogP contribution in [-0.2, 0) is 10.3 Å². The maximum absolute atomic E-state index is 14.5. The molecule has 0 fully saturated rings. The van der Waals surface area contributed by atoms with Crippen LogP contribution in [0.4, 0.5) is 14.5 Å². The van der Waals surface area contributed by atoms with Crippen molar-refractivity contribution in [3.05, 3.63) is 59.5 Å². The summed E-state index contributed by atoms with van der Waals surface area (Å²) in [6.07, 6.45) is 3.89. The summed E-state index contributed by atoms with van der Waals surface area (Å²) in [6.45, 7) is 0.636. The summed E-state index contributed by atoms with van der Waals surface area (Å²) in [5.41, 5.74) is 4.71. The predicted molar refractivity (Wildman–Crippen MR) is 97.1 cm³/mol. The number of benzene rings is 1. The first kappa shape index (κ1) is 19.2. The Kier molecular flexibility index (Phi) is 5.21. The van der Waals surface area contributed by atoms with E-state index in [-0.39, 0.29) is 34.6 Å². The number of nitrogens with two attached hydrogens (primary N) is 1. The zero-order valence-electron chi connectivity index (χ0n) is 15.1. The lowest BCUT2D eigenvalue weighted by molar-refractivity contribution is 0.102. The molecule has 0 aliphatic carbocycles. The molecule has 0 radical (unpaired) electrons. The molecule has 1 amide bonds. The van der Waals surface area contributed by atoms with Gasteiger partial charge in [0.1, 0.15) is 29.5 Å². The molecular formula is C18H17F2N5O3. The molecular weight excluding hydrogens is 372 g/mol. The van der Waals surface area contributed by atoms with Gasteiger partial charge in [-0.15, -0.1) is 0 Å². The van der Waals surface area contributed by atoms with Gasteiger partial charge in [0, 0.05) is 11.3 Å². The zero-order chi connectivity index (χ0) is 20.3. The molecule has 0 spiro atoms. The van der Waals surface area contributed by atoms with Crippen LogP contribution in [0.3, 0.4) is 0 Å². The van der Waals surface area contributed by atoms with Crippen LogP contribution < -0.4 is 15.8 Å². The highest BCUT2D eigenvalue weighted by Gasteiger charge is 2.32. The lowest BCUT2D eigenvalue weighted by Gasteiger charge is -2.28. The Morgan fingerprint density at radius 1 is 1.36 bits per heavy atom. The molecule has 8 nitrogen and oxygen atoms in total. The van der Waals surface area contributed by atoms with Crippen LogP contribution in [0, 0.1) is 5.82 Å². The number of rotatable bonds is 5. The first-order valence-corrected chi connectivity index (χ1v) is 8.13. The third-order valence-corrected chi connectivity index (χ3v) is 3.99. The number of hydrogen-bond acceptors (Lipinski definition) is 7. The lowest BCUT2D eigenvalue weighted by Crippen LogP contribution is -2.31. The van der Waals surface area contributed by atoms with E-state index in [2.05, 4.69) is 20.3 Å². The number of alkyl halides is 1. The van der Waals surface area contributed by atoms with Crippen molar-refractivity contribution >= 4 is 17.6 Å². The first-order chi connectivity index (χ1) is 13.3. The normalized spacial score (nSPS) is 18.6. The molecule has 0 saturated carbocycles. The molecule has 10 heteroatoms. The van der Waals surface area contributed by atoms with E-state index in [0.717, 1.165) is 0 Å². The number of methoxy groups -OCH3 is 1. The van der Waals surface area contributed by atoms with Crippen LogP contribution >= 0.6 is 0 Å². The third kappa shape index (κ3) is 3.90. The average molecular weight is 389 g/mol. The Bertz CT molecular complexity index is 962. The van der Waals surface area contributed by atoms with E-state index in [0.29, 0.717) is 0 Å². The fourth-order valence-corrected chi connectivity index (χ4v) is 2.69. The second-order valence-corrected chi connectivity index (χ2v) is 6.04. The van der Waals surface area contributed by atoms with Gasteiger partial charge < -0.3 is 20.5 Å². The van der Waals surface area contributed by atoms with Crippen LogP contribution in [0.2, 0.25) is 0 Å². The number of halogens is 2. The minimum Gasteiger partial charge on any atom is -0.480 e. The van der Waals surface area contributed by atoms with Crippen molar-refractivity contribution in [2.75, 3.05) is 19.1 Å².